The third-order valence-corrected chi connectivity index (χ3v) is 15.9. The number of aromatic hydroxyl groups is 2. The first-order valence-electron chi connectivity index (χ1n) is 23.2. The van der Waals surface area contributed by atoms with Crippen LogP contribution in [0.5, 0.6) is 17.2 Å². The minimum atomic E-state index is -3.95. The van der Waals surface area contributed by atoms with Crippen molar-refractivity contribution < 1.29 is 47.6 Å². The fourth-order valence-electron chi connectivity index (χ4n) is 10.00. The molecule has 3 aliphatic rings. The molecule has 0 spiro atoms. The average molecular weight is 971 g/mol. The van der Waals surface area contributed by atoms with E-state index in [4.69, 9.17) is 14.5 Å². The lowest BCUT2D eigenvalue weighted by atomic mass is 9.86. The molecule has 4 N–H and O–H groups in total. The fourth-order valence-corrected chi connectivity index (χ4v) is 11.7. The molecule has 3 aromatic carbocycles. The molecule has 1 atom stereocenters. The SMILES string of the molecule is CCNC(=O)c1nnc(-c2cc(C(C)C)c(O)cc2O)n1-c1ccc2cn(S(=O)(=O)C3CCN(C(=O)Oc4ccc5nc6c(c(CC)c5c4)Cn4c-6cc5c(c4=O)COC(=O)C5(O)CC)CC3)cc2c1. The number of aryl methyl sites for hydroxylation is 1. The number of hydrogen-bond donors (Lipinski definition) is 4. The predicted octanol–water partition coefficient (Wildman–Crippen LogP) is 5.97. The molecule has 362 valence electrons. The highest BCUT2D eigenvalue weighted by molar-refractivity contribution is 7.90. The molecule has 7 heterocycles. The van der Waals surface area contributed by atoms with Crippen LogP contribution in [0.4, 0.5) is 4.79 Å². The zero-order chi connectivity index (χ0) is 49.6. The molecular formula is C50H50N8O11S. The van der Waals surface area contributed by atoms with Crippen molar-refractivity contribution >= 4 is 49.7 Å². The van der Waals surface area contributed by atoms with Gasteiger partial charge in [-0.2, -0.15) is 0 Å². The van der Waals surface area contributed by atoms with Crippen LogP contribution >= 0.6 is 0 Å². The van der Waals surface area contributed by atoms with Crippen LogP contribution in [-0.4, -0.2) is 99.8 Å². The van der Waals surface area contributed by atoms with Gasteiger partial charge in [0.2, 0.25) is 15.8 Å². The van der Waals surface area contributed by atoms with Crippen LogP contribution in [0.3, 0.4) is 0 Å². The monoisotopic (exact) mass is 970 g/mol. The molecule has 2 amide bonds. The molecule has 7 aromatic rings. The Balaban J connectivity index is 0.863. The van der Waals surface area contributed by atoms with E-state index in [1.807, 2.05) is 20.8 Å². The number of aliphatic hydroxyl groups is 1. The number of nitrogens with zero attached hydrogens (tertiary/aromatic N) is 7. The summed E-state index contributed by atoms with van der Waals surface area (Å²) in [5, 5.41) is 45.0. The van der Waals surface area contributed by atoms with Crippen LogP contribution in [0.25, 0.3) is 50.1 Å². The molecule has 10 rings (SSSR count). The lowest BCUT2D eigenvalue weighted by Crippen LogP contribution is -2.44. The smallest absolute Gasteiger partial charge is 0.415 e. The summed E-state index contributed by atoms with van der Waals surface area (Å²) in [4.78, 5) is 59.7. The molecule has 0 bridgehead atoms. The van der Waals surface area contributed by atoms with E-state index >= 15 is 0 Å². The first-order valence-corrected chi connectivity index (χ1v) is 24.7. The van der Waals surface area contributed by atoms with Crippen LogP contribution in [0.1, 0.15) is 98.2 Å². The maximum atomic E-state index is 14.2. The summed E-state index contributed by atoms with van der Waals surface area (Å²) < 4.78 is 43.7. The molecule has 1 fully saturated rings. The highest BCUT2D eigenvalue weighted by Crippen LogP contribution is 2.42. The summed E-state index contributed by atoms with van der Waals surface area (Å²) in [5.74, 6) is -1.43. The van der Waals surface area contributed by atoms with E-state index in [0.717, 1.165) is 16.5 Å². The third-order valence-electron chi connectivity index (χ3n) is 13.8. The van der Waals surface area contributed by atoms with Gasteiger partial charge in [0.05, 0.1) is 45.5 Å². The van der Waals surface area contributed by atoms with Crippen molar-refractivity contribution in [2.75, 3.05) is 19.6 Å². The highest BCUT2D eigenvalue weighted by Gasteiger charge is 2.45. The number of nitrogens with one attached hydrogen (secondary N) is 1. The summed E-state index contributed by atoms with van der Waals surface area (Å²) in [6.07, 6.45) is 3.29. The van der Waals surface area contributed by atoms with Gasteiger partial charge >= 0.3 is 12.1 Å². The third kappa shape index (κ3) is 7.35. The van der Waals surface area contributed by atoms with E-state index in [0.29, 0.717) is 51.9 Å². The van der Waals surface area contributed by atoms with Gasteiger partial charge in [-0.15, -0.1) is 10.2 Å². The number of piperidine rings is 1. The first-order chi connectivity index (χ1) is 33.5. The van der Waals surface area contributed by atoms with Crippen molar-refractivity contribution in [3.8, 4) is 45.7 Å². The Bertz CT molecular complexity index is 3530. The van der Waals surface area contributed by atoms with Gasteiger partial charge in [-0.05, 0) is 92.1 Å². The van der Waals surface area contributed by atoms with Gasteiger partial charge in [0, 0.05) is 65.4 Å². The predicted molar refractivity (Wildman–Crippen MR) is 257 cm³/mol. The zero-order valence-corrected chi connectivity index (χ0v) is 39.8. The zero-order valence-electron chi connectivity index (χ0n) is 39.0. The average Bonchev–Trinajstić information content (AvgIpc) is 4.08. The standard InChI is InChI=1S/C50H50N8O11S/c1-6-32-34-18-30(11-12-39(34)52-43-36(32)24-57-40(43)20-38-37(47(57)62)25-68-48(63)50(38,65)7-2)69-49(64)55-15-13-31(14-16-55)70(66,67)56-22-27-9-10-29(17-28(27)23-56)58-44(53-54-45(58)46(61)51-8-3)35-19-33(26(4)5)41(59)21-42(35)60/h9-12,17-23,26,31,59-60,65H,6-8,13-16,24-25H2,1-5H3,(H,51,61). The molecule has 0 saturated carbocycles. The molecule has 3 aliphatic heterocycles. The summed E-state index contributed by atoms with van der Waals surface area (Å²) in [6.45, 7) is 9.73. The molecule has 1 saturated heterocycles. The molecule has 20 heteroatoms. The minimum absolute atomic E-state index is 0.0306. The molecule has 1 unspecified atom stereocenters. The summed E-state index contributed by atoms with van der Waals surface area (Å²) in [6, 6.07) is 14.7. The van der Waals surface area contributed by atoms with Gasteiger partial charge in [0.1, 0.15) is 23.9 Å². The van der Waals surface area contributed by atoms with Crippen LogP contribution in [-0.2, 0) is 44.7 Å². The second kappa shape index (κ2) is 17.1. The van der Waals surface area contributed by atoms with E-state index in [9.17, 15) is 42.9 Å². The van der Waals surface area contributed by atoms with Gasteiger partial charge in [0.25, 0.3) is 11.5 Å². The normalized spacial score (nSPS) is 16.9. The number of carbonyl (C=O) groups is 3. The van der Waals surface area contributed by atoms with Crippen molar-refractivity contribution in [3.05, 3.63) is 111 Å². The number of phenols is 2. The van der Waals surface area contributed by atoms with E-state index in [1.165, 1.54) is 31.9 Å². The van der Waals surface area contributed by atoms with E-state index in [1.54, 1.807) is 66.9 Å². The minimum Gasteiger partial charge on any atom is -0.508 e. The van der Waals surface area contributed by atoms with E-state index < -0.39 is 38.8 Å². The second-order valence-corrected chi connectivity index (χ2v) is 20.3. The maximum Gasteiger partial charge on any atom is 0.415 e. The maximum absolute atomic E-state index is 14.2. The Morgan fingerprint density at radius 2 is 1.70 bits per heavy atom. The molecule has 70 heavy (non-hydrogen) atoms. The number of pyridine rings is 2. The number of aromatic nitrogens is 6. The molecule has 0 aliphatic carbocycles. The van der Waals surface area contributed by atoms with Crippen LogP contribution < -0.4 is 15.6 Å². The Morgan fingerprint density at radius 3 is 2.41 bits per heavy atom. The lowest BCUT2D eigenvalue weighted by Gasteiger charge is -2.31. The topological polar surface area (TPSA) is 250 Å². The summed E-state index contributed by atoms with van der Waals surface area (Å²) in [7, 11) is -3.95. The number of esters is 1. The van der Waals surface area contributed by atoms with Crippen molar-refractivity contribution in [3.63, 3.8) is 0 Å². The number of phenolic OH excluding ortho intramolecular Hbond substituents is 2. The number of cyclic esters (lactones) is 1. The van der Waals surface area contributed by atoms with Gasteiger partial charge < -0.3 is 39.6 Å². The molecular weight excluding hydrogens is 921 g/mol. The highest BCUT2D eigenvalue weighted by atomic mass is 32.2. The van der Waals surface area contributed by atoms with Crippen molar-refractivity contribution in [2.24, 2.45) is 0 Å². The molecule has 4 aromatic heterocycles. The Morgan fingerprint density at radius 1 is 0.943 bits per heavy atom. The Labute approximate surface area is 401 Å². The number of likely N-dealkylation sites (tertiary alicyclic amines) is 1. The number of carbonyl (C=O) groups excluding carboxylic acids is 3. The Kier molecular flexibility index (Phi) is 11.3. The largest absolute Gasteiger partial charge is 0.508 e. The van der Waals surface area contributed by atoms with Crippen LogP contribution in [0, 0.1) is 0 Å². The van der Waals surface area contributed by atoms with Gasteiger partial charge in [-0.25, -0.2) is 23.0 Å². The fraction of sp³-hybridized carbons (Fsp3) is 0.340. The van der Waals surface area contributed by atoms with Crippen molar-refractivity contribution in [1.82, 2.24) is 38.5 Å². The second-order valence-electron chi connectivity index (χ2n) is 18.2. The number of fused-ring (bicyclic) bond motifs is 6. The van der Waals surface area contributed by atoms with Crippen LogP contribution in [0.15, 0.2) is 71.8 Å². The number of hydrogen-bond acceptors (Lipinski definition) is 14. The van der Waals surface area contributed by atoms with E-state index in [2.05, 4.69) is 15.5 Å². The van der Waals surface area contributed by atoms with Gasteiger partial charge in [0.15, 0.2) is 11.4 Å². The van der Waals surface area contributed by atoms with Gasteiger partial charge in [-0.3, -0.25) is 18.1 Å². The number of rotatable bonds is 10. The quantitative estimate of drug-likeness (QED) is 0.115. The summed E-state index contributed by atoms with van der Waals surface area (Å²) in [5.41, 5.74) is 2.76. The first kappa shape index (κ1) is 46.2. The molecule has 0 radical (unpaired) electrons. The summed E-state index contributed by atoms with van der Waals surface area (Å²) >= 11 is 0. The lowest BCUT2D eigenvalue weighted by molar-refractivity contribution is -0.172. The van der Waals surface area contributed by atoms with Crippen LogP contribution in [0.2, 0.25) is 0 Å². The van der Waals surface area contributed by atoms with Crippen molar-refractivity contribution in [1.29, 1.82) is 0 Å². The number of ether oxygens (including phenoxy) is 2. The Hall–Kier alpha value is -7.58. The number of benzene rings is 3. The van der Waals surface area contributed by atoms with Crippen molar-refractivity contribution in [2.45, 2.75) is 90.2 Å². The van der Waals surface area contributed by atoms with E-state index in [-0.39, 0.29) is 103 Å². The van der Waals surface area contributed by atoms with Gasteiger partial charge in [-0.1, -0.05) is 33.8 Å². The molecule has 19 nitrogen and oxygen atoms in total. The number of amides is 2.